The predicted molar refractivity (Wildman–Crippen MR) is 76.8 cm³/mol. The van der Waals surface area contributed by atoms with E-state index in [-0.39, 0.29) is 16.6 Å². The highest BCUT2D eigenvalue weighted by molar-refractivity contribution is 7.92. The first-order valence-electron chi connectivity index (χ1n) is 6.19. The van der Waals surface area contributed by atoms with Crippen molar-refractivity contribution in [1.29, 1.82) is 0 Å². The Bertz CT molecular complexity index is 751. The highest BCUT2D eigenvalue weighted by Gasteiger charge is 2.22. The van der Waals surface area contributed by atoms with Gasteiger partial charge in [-0.1, -0.05) is 0 Å². The second kappa shape index (κ2) is 5.57. The molecule has 0 aromatic carbocycles. The largest absolute Gasteiger partial charge is 0.477 e. The lowest BCUT2D eigenvalue weighted by Gasteiger charge is -2.09. The van der Waals surface area contributed by atoms with Crippen LogP contribution >= 0.6 is 0 Å². The van der Waals surface area contributed by atoms with Crippen molar-refractivity contribution in [1.82, 2.24) is 9.55 Å². The number of rotatable bonds is 5. The first-order chi connectivity index (χ1) is 9.81. The molecule has 21 heavy (non-hydrogen) atoms. The zero-order valence-electron chi connectivity index (χ0n) is 11.5. The number of hydrogen-bond acceptors (Lipinski definition) is 4. The average Bonchev–Trinajstić information content (AvgIpc) is 2.85. The molecule has 0 spiro atoms. The fraction of sp³-hybridized carbons (Fsp3) is 0.231. The fourth-order valence-corrected chi connectivity index (χ4v) is 2.92. The van der Waals surface area contributed by atoms with Crippen molar-refractivity contribution in [3.63, 3.8) is 0 Å². The summed E-state index contributed by atoms with van der Waals surface area (Å²) in [6.07, 6.45) is 4.23. The van der Waals surface area contributed by atoms with E-state index >= 15 is 0 Å². The maximum Gasteiger partial charge on any atom is 0.352 e. The predicted octanol–water partition coefficient (Wildman–Crippen LogP) is 1.96. The smallest absolute Gasteiger partial charge is 0.352 e. The number of aromatic nitrogens is 2. The van der Waals surface area contributed by atoms with Crippen LogP contribution in [0.2, 0.25) is 0 Å². The summed E-state index contributed by atoms with van der Waals surface area (Å²) in [5.74, 6) is -1.17. The Balaban J connectivity index is 2.41. The summed E-state index contributed by atoms with van der Waals surface area (Å²) in [5.41, 5.74) is 0.291. The first kappa shape index (κ1) is 15.0. The number of sulfonamides is 1. The van der Waals surface area contributed by atoms with Gasteiger partial charge in [-0.05, 0) is 32.0 Å². The number of nitrogens with zero attached hydrogens (tertiary/aromatic N) is 2. The fourth-order valence-electron chi connectivity index (χ4n) is 1.83. The minimum Gasteiger partial charge on any atom is -0.477 e. The molecule has 112 valence electrons. The van der Waals surface area contributed by atoms with Crippen LogP contribution in [-0.4, -0.2) is 29.0 Å². The van der Waals surface area contributed by atoms with E-state index in [9.17, 15) is 13.2 Å². The molecule has 2 rings (SSSR count). The Labute approximate surface area is 122 Å². The van der Waals surface area contributed by atoms with Gasteiger partial charge in [-0.15, -0.1) is 0 Å². The average molecular weight is 309 g/mol. The second-order valence-corrected chi connectivity index (χ2v) is 6.39. The number of aromatic carboxylic acids is 1. The van der Waals surface area contributed by atoms with Crippen molar-refractivity contribution < 1.29 is 18.3 Å². The number of carbonyl (C=O) groups is 1. The normalized spacial score (nSPS) is 11.6. The number of nitrogens with one attached hydrogen (secondary N) is 1. The van der Waals surface area contributed by atoms with E-state index in [1.807, 2.05) is 0 Å². The van der Waals surface area contributed by atoms with Crippen molar-refractivity contribution in [3.8, 4) is 0 Å². The van der Waals surface area contributed by atoms with Gasteiger partial charge in [-0.2, -0.15) is 0 Å². The van der Waals surface area contributed by atoms with Crippen LogP contribution in [0.15, 0.2) is 41.7 Å². The van der Waals surface area contributed by atoms with E-state index in [0.717, 1.165) is 6.07 Å². The quantitative estimate of drug-likeness (QED) is 0.879. The van der Waals surface area contributed by atoms with E-state index in [1.54, 1.807) is 13.8 Å². The molecule has 7 nitrogen and oxygen atoms in total. The number of carboxylic acid groups (broad SMARTS) is 1. The van der Waals surface area contributed by atoms with Crippen molar-refractivity contribution in [3.05, 3.63) is 42.5 Å². The van der Waals surface area contributed by atoms with Gasteiger partial charge in [0, 0.05) is 24.6 Å². The van der Waals surface area contributed by atoms with Gasteiger partial charge in [0.1, 0.15) is 10.6 Å². The molecule has 0 aliphatic carbocycles. The molecular formula is C13H15N3O4S. The van der Waals surface area contributed by atoms with Gasteiger partial charge in [0.15, 0.2) is 0 Å². The second-order valence-electron chi connectivity index (χ2n) is 4.71. The Morgan fingerprint density at radius 3 is 2.43 bits per heavy atom. The van der Waals surface area contributed by atoms with Crippen LogP contribution in [0.5, 0.6) is 0 Å². The van der Waals surface area contributed by atoms with Gasteiger partial charge >= 0.3 is 5.97 Å². The van der Waals surface area contributed by atoms with Crippen LogP contribution < -0.4 is 4.72 Å². The number of carboxylic acids is 1. The van der Waals surface area contributed by atoms with Crippen LogP contribution in [0, 0.1) is 0 Å². The summed E-state index contributed by atoms with van der Waals surface area (Å²) in [6.45, 7) is 3.55. The zero-order chi connectivity index (χ0) is 15.6. The number of hydrogen-bond donors (Lipinski definition) is 2. The van der Waals surface area contributed by atoms with Gasteiger partial charge in [-0.25, -0.2) is 13.2 Å². The van der Waals surface area contributed by atoms with Gasteiger partial charge < -0.3 is 9.67 Å². The monoisotopic (exact) mass is 309 g/mol. The van der Waals surface area contributed by atoms with E-state index in [1.165, 1.54) is 35.3 Å². The van der Waals surface area contributed by atoms with Crippen LogP contribution in [0.3, 0.4) is 0 Å². The third-order valence-corrected chi connectivity index (χ3v) is 4.19. The third-order valence-electron chi connectivity index (χ3n) is 2.84. The first-order valence-corrected chi connectivity index (χ1v) is 7.67. The summed E-state index contributed by atoms with van der Waals surface area (Å²) in [5, 5.41) is 9.14. The highest BCUT2D eigenvalue weighted by atomic mass is 32.2. The molecule has 0 aliphatic rings. The summed E-state index contributed by atoms with van der Waals surface area (Å²) in [7, 11) is -3.84. The molecule has 2 aromatic heterocycles. The SMILES string of the molecule is CC(C)n1cc(S(=O)(=O)Nc2ccncc2)cc1C(=O)O. The molecule has 2 aromatic rings. The zero-order valence-corrected chi connectivity index (χ0v) is 12.3. The molecule has 0 radical (unpaired) electrons. The van der Waals surface area contributed by atoms with E-state index in [4.69, 9.17) is 5.11 Å². The standard InChI is InChI=1S/C13H15N3O4S/c1-9(2)16-8-11(7-12(16)13(17)18)21(19,20)15-10-3-5-14-6-4-10/h3-9H,1-2H3,(H,14,15)(H,17,18). The molecule has 0 aliphatic heterocycles. The molecule has 0 saturated carbocycles. The van der Waals surface area contributed by atoms with Crippen LogP contribution in [0.4, 0.5) is 5.69 Å². The maximum absolute atomic E-state index is 12.3. The molecule has 0 bridgehead atoms. The summed E-state index contributed by atoms with van der Waals surface area (Å²) in [4.78, 5) is 14.9. The van der Waals surface area contributed by atoms with Crippen molar-refractivity contribution in [2.75, 3.05) is 4.72 Å². The molecular weight excluding hydrogens is 294 g/mol. The molecule has 0 saturated heterocycles. The Morgan fingerprint density at radius 2 is 1.95 bits per heavy atom. The lowest BCUT2D eigenvalue weighted by Crippen LogP contribution is -2.12. The highest BCUT2D eigenvalue weighted by Crippen LogP contribution is 2.21. The summed E-state index contributed by atoms with van der Waals surface area (Å²) < 4.78 is 28.3. The van der Waals surface area contributed by atoms with Gasteiger partial charge in [-0.3, -0.25) is 9.71 Å². The number of pyridine rings is 1. The Hall–Kier alpha value is -2.35. The Morgan fingerprint density at radius 1 is 1.33 bits per heavy atom. The van der Waals surface area contributed by atoms with Crippen molar-refractivity contribution in [2.24, 2.45) is 0 Å². The van der Waals surface area contributed by atoms with E-state index in [0.29, 0.717) is 5.69 Å². The summed E-state index contributed by atoms with van der Waals surface area (Å²) in [6, 6.07) is 4.00. The van der Waals surface area contributed by atoms with E-state index < -0.39 is 16.0 Å². The molecule has 0 fully saturated rings. The van der Waals surface area contributed by atoms with Crippen LogP contribution in [0.25, 0.3) is 0 Å². The van der Waals surface area contributed by atoms with Gasteiger partial charge in [0.2, 0.25) is 0 Å². The Kier molecular flexibility index (Phi) is 3.99. The minimum atomic E-state index is -3.84. The van der Waals surface area contributed by atoms with Crippen molar-refractivity contribution >= 4 is 21.7 Å². The minimum absolute atomic E-state index is 0.0693. The maximum atomic E-state index is 12.3. The van der Waals surface area contributed by atoms with Crippen LogP contribution in [-0.2, 0) is 10.0 Å². The molecule has 2 heterocycles. The van der Waals surface area contributed by atoms with Crippen molar-refractivity contribution in [2.45, 2.75) is 24.8 Å². The lowest BCUT2D eigenvalue weighted by atomic mass is 10.3. The topological polar surface area (TPSA) is 101 Å². The molecule has 0 atom stereocenters. The summed E-state index contributed by atoms with van der Waals surface area (Å²) >= 11 is 0. The van der Waals surface area contributed by atoms with Gasteiger partial charge in [0.25, 0.3) is 10.0 Å². The third kappa shape index (κ3) is 3.22. The van der Waals surface area contributed by atoms with E-state index in [2.05, 4.69) is 9.71 Å². The van der Waals surface area contributed by atoms with Gasteiger partial charge in [0.05, 0.1) is 5.69 Å². The molecule has 2 N–H and O–H groups in total. The molecule has 0 unspecified atom stereocenters. The molecule has 8 heteroatoms. The number of anilines is 1. The molecule has 0 amide bonds. The lowest BCUT2D eigenvalue weighted by molar-refractivity contribution is 0.0683. The van der Waals surface area contributed by atoms with Crippen LogP contribution in [0.1, 0.15) is 30.4 Å².